The van der Waals surface area contributed by atoms with E-state index in [1.807, 2.05) is 24.4 Å². The van der Waals surface area contributed by atoms with Crippen LogP contribution in [0.5, 0.6) is 5.88 Å². The highest BCUT2D eigenvalue weighted by molar-refractivity contribution is 7.10. The SMILES string of the molecule is COc1ncc(-c2csc([C@@]3(C)N=C(N)N(C)C(=O)[C@@H]3c3ccc(C4CC4)cc3)c2)cc1Cl. The maximum absolute atomic E-state index is 13.5. The van der Waals surface area contributed by atoms with Crippen molar-refractivity contribution in [3.05, 3.63) is 69.0 Å². The Kier molecular flexibility index (Phi) is 5.41. The summed E-state index contributed by atoms with van der Waals surface area (Å²) in [4.78, 5) is 25.0. The van der Waals surface area contributed by atoms with Gasteiger partial charge in [-0.3, -0.25) is 9.69 Å². The van der Waals surface area contributed by atoms with Crippen LogP contribution in [0.4, 0.5) is 0 Å². The largest absolute Gasteiger partial charge is 0.480 e. The molecule has 1 aliphatic heterocycles. The minimum absolute atomic E-state index is 0.0618. The topological polar surface area (TPSA) is 80.8 Å². The molecular weight excluding hydrogens is 456 g/mol. The predicted molar refractivity (Wildman–Crippen MR) is 132 cm³/mol. The zero-order valence-corrected chi connectivity index (χ0v) is 20.3. The number of aromatic nitrogens is 1. The van der Waals surface area contributed by atoms with Crippen molar-refractivity contribution in [2.75, 3.05) is 14.2 Å². The van der Waals surface area contributed by atoms with Gasteiger partial charge < -0.3 is 10.5 Å². The molecule has 33 heavy (non-hydrogen) atoms. The number of pyridine rings is 1. The number of hydrogen-bond donors (Lipinski definition) is 1. The molecule has 2 aliphatic rings. The number of rotatable bonds is 5. The van der Waals surface area contributed by atoms with Gasteiger partial charge in [-0.05, 0) is 59.9 Å². The predicted octanol–water partition coefficient (Wildman–Crippen LogP) is 5.14. The van der Waals surface area contributed by atoms with Crippen LogP contribution in [-0.4, -0.2) is 35.9 Å². The number of carbonyl (C=O) groups is 1. The van der Waals surface area contributed by atoms with Gasteiger partial charge in [0.05, 0.1) is 13.0 Å². The van der Waals surface area contributed by atoms with Gasteiger partial charge in [0.15, 0.2) is 5.96 Å². The number of hydrogen-bond acceptors (Lipinski definition) is 6. The fourth-order valence-corrected chi connectivity index (χ4v) is 5.75. The lowest BCUT2D eigenvalue weighted by molar-refractivity contribution is -0.130. The molecule has 1 aliphatic carbocycles. The number of thiophene rings is 1. The van der Waals surface area contributed by atoms with E-state index in [2.05, 4.69) is 29.2 Å². The average molecular weight is 481 g/mol. The van der Waals surface area contributed by atoms with Gasteiger partial charge in [-0.15, -0.1) is 11.3 Å². The van der Waals surface area contributed by atoms with Gasteiger partial charge in [0.2, 0.25) is 11.8 Å². The minimum Gasteiger partial charge on any atom is -0.480 e. The Balaban J connectivity index is 1.56. The summed E-state index contributed by atoms with van der Waals surface area (Å²) in [5.74, 6) is 0.724. The molecule has 0 bridgehead atoms. The zero-order valence-electron chi connectivity index (χ0n) is 18.7. The Morgan fingerprint density at radius 3 is 2.52 bits per heavy atom. The van der Waals surface area contributed by atoms with Crippen molar-refractivity contribution in [1.82, 2.24) is 9.88 Å². The normalized spacial score (nSPS) is 22.9. The van der Waals surface area contributed by atoms with Gasteiger partial charge in [0, 0.05) is 23.7 Å². The summed E-state index contributed by atoms with van der Waals surface area (Å²) >= 11 is 7.84. The van der Waals surface area contributed by atoms with Gasteiger partial charge >= 0.3 is 0 Å². The van der Waals surface area contributed by atoms with E-state index in [1.165, 1.54) is 30.4 Å². The second-order valence-corrected chi connectivity index (χ2v) is 10.1. The van der Waals surface area contributed by atoms with Gasteiger partial charge in [-0.2, -0.15) is 0 Å². The monoisotopic (exact) mass is 480 g/mol. The van der Waals surface area contributed by atoms with Crippen LogP contribution in [-0.2, 0) is 10.3 Å². The maximum atomic E-state index is 13.5. The number of nitrogens with zero attached hydrogens (tertiary/aromatic N) is 3. The van der Waals surface area contributed by atoms with Gasteiger partial charge in [-0.25, -0.2) is 9.98 Å². The molecule has 0 unspecified atom stereocenters. The van der Waals surface area contributed by atoms with Crippen LogP contribution in [0.1, 0.15) is 47.6 Å². The second-order valence-electron chi connectivity index (χ2n) is 8.80. The van der Waals surface area contributed by atoms with E-state index in [0.717, 1.165) is 21.6 Å². The number of benzene rings is 1. The molecule has 8 heteroatoms. The molecule has 3 aromatic rings. The zero-order chi connectivity index (χ0) is 23.3. The summed E-state index contributed by atoms with van der Waals surface area (Å²) < 4.78 is 5.16. The van der Waals surface area contributed by atoms with Crippen molar-refractivity contribution < 1.29 is 9.53 Å². The third-order valence-corrected chi connectivity index (χ3v) is 8.01. The van der Waals surface area contributed by atoms with E-state index in [4.69, 9.17) is 27.1 Å². The first-order valence-corrected chi connectivity index (χ1v) is 12.1. The maximum Gasteiger partial charge on any atom is 0.239 e. The van der Waals surface area contributed by atoms with Gasteiger partial charge in [0.1, 0.15) is 10.6 Å². The lowest BCUT2D eigenvalue weighted by Crippen LogP contribution is -2.52. The summed E-state index contributed by atoms with van der Waals surface area (Å²) in [6, 6.07) is 12.3. The lowest BCUT2D eigenvalue weighted by atomic mass is 9.77. The second kappa shape index (κ2) is 8.15. The number of carbonyl (C=O) groups excluding carboxylic acids is 1. The van der Waals surface area contributed by atoms with Crippen LogP contribution in [0.25, 0.3) is 11.1 Å². The highest BCUT2D eigenvalue weighted by Gasteiger charge is 2.48. The molecule has 6 nitrogen and oxygen atoms in total. The van der Waals surface area contributed by atoms with E-state index in [-0.39, 0.29) is 11.9 Å². The number of aliphatic imine (C=N–C) groups is 1. The molecule has 3 heterocycles. The van der Waals surface area contributed by atoms with Crippen molar-refractivity contribution in [3.63, 3.8) is 0 Å². The van der Waals surface area contributed by atoms with Crippen LogP contribution in [0, 0.1) is 0 Å². The van der Waals surface area contributed by atoms with E-state index < -0.39 is 11.5 Å². The third-order valence-electron chi connectivity index (χ3n) is 6.58. The Morgan fingerprint density at radius 1 is 1.18 bits per heavy atom. The Bertz CT molecular complexity index is 1250. The molecular formula is C25H25ClN4O2S. The van der Waals surface area contributed by atoms with Crippen LogP contribution in [0.15, 0.2) is 53.0 Å². The summed E-state index contributed by atoms with van der Waals surface area (Å²) in [6.45, 7) is 1.99. The molecule has 5 rings (SSSR count). The summed E-state index contributed by atoms with van der Waals surface area (Å²) in [5.41, 5.74) is 9.45. The fraction of sp³-hybridized carbons (Fsp3) is 0.320. The number of halogens is 1. The quantitative estimate of drug-likeness (QED) is 0.548. The summed E-state index contributed by atoms with van der Waals surface area (Å²) in [6.07, 6.45) is 4.21. The molecule has 0 saturated heterocycles. The summed E-state index contributed by atoms with van der Waals surface area (Å²) in [7, 11) is 3.21. The fourth-order valence-electron chi connectivity index (χ4n) is 4.45. The minimum atomic E-state index is -0.832. The number of nitrogens with two attached hydrogens (primary N) is 1. The first-order valence-electron chi connectivity index (χ1n) is 10.8. The number of amides is 1. The Hall–Kier alpha value is -2.90. The Morgan fingerprint density at radius 2 is 1.88 bits per heavy atom. The highest BCUT2D eigenvalue weighted by Crippen LogP contribution is 2.48. The van der Waals surface area contributed by atoms with Crippen LogP contribution >= 0.6 is 22.9 Å². The molecule has 2 atom stereocenters. The molecule has 0 spiro atoms. The molecule has 1 fully saturated rings. The standard InChI is InChI=1S/C25H25ClN4O2S/c1-25(20-11-18(13-33-20)17-10-19(26)22(32-3)28-12-17)21(23(31)30(2)24(27)29-25)16-8-6-15(7-9-16)14-4-5-14/h6-14,21H,4-5H2,1-3H3,(H2,27,29)/t21-,25+/m0/s1. The van der Waals surface area contributed by atoms with Crippen molar-refractivity contribution in [2.24, 2.45) is 10.7 Å². The van der Waals surface area contributed by atoms with E-state index in [9.17, 15) is 4.79 Å². The van der Waals surface area contributed by atoms with Gasteiger partial charge in [-0.1, -0.05) is 35.9 Å². The smallest absolute Gasteiger partial charge is 0.239 e. The molecule has 1 amide bonds. The van der Waals surface area contributed by atoms with E-state index >= 15 is 0 Å². The third kappa shape index (κ3) is 3.79. The molecule has 2 N–H and O–H groups in total. The molecule has 2 aromatic heterocycles. The number of methoxy groups -OCH3 is 1. The van der Waals surface area contributed by atoms with Crippen molar-refractivity contribution in [1.29, 1.82) is 0 Å². The molecule has 170 valence electrons. The number of guanidine groups is 1. The van der Waals surface area contributed by atoms with Crippen molar-refractivity contribution in [2.45, 2.75) is 37.1 Å². The number of ether oxygens (including phenoxy) is 1. The van der Waals surface area contributed by atoms with Crippen molar-refractivity contribution >= 4 is 34.8 Å². The van der Waals surface area contributed by atoms with E-state index in [1.54, 1.807) is 24.6 Å². The highest BCUT2D eigenvalue weighted by atomic mass is 35.5. The molecule has 1 saturated carbocycles. The van der Waals surface area contributed by atoms with Crippen molar-refractivity contribution in [3.8, 4) is 17.0 Å². The number of likely N-dealkylation sites (N-methyl/N-ethyl adjacent to an activating group) is 1. The average Bonchev–Trinajstić information content (AvgIpc) is 3.53. The van der Waals surface area contributed by atoms with Crippen LogP contribution in [0.2, 0.25) is 5.02 Å². The van der Waals surface area contributed by atoms with Crippen LogP contribution in [0.3, 0.4) is 0 Å². The first-order chi connectivity index (χ1) is 15.8. The van der Waals surface area contributed by atoms with Crippen LogP contribution < -0.4 is 10.5 Å². The summed E-state index contributed by atoms with van der Waals surface area (Å²) in [5, 5.41) is 2.47. The molecule has 1 aromatic carbocycles. The first kappa shape index (κ1) is 21.9. The van der Waals surface area contributed by atoms with Gasteiger partial charge in [0.25, 0.3) is 0 Å². The Labute approximate surface area is 202 Å². The lowest BCUT2D eigenvalue weighted by Gasteiger charge is -2.40. The molecule has 0 radical (unpaired) electrons. The van der Waals surface area contributed by atoms with E-state index in [0.29, 0.717) is 16.8 Å².